The maximum absolute atomic E-state index is 10.9. The number of hydrogen-bond donors (Lipinski definition) is 1. The maximum atomic E-state index is 10.9. The maximum Gasteiger partial charge on any atom is 0.319 e. The number of aryl methyl sites for hydroxylation is 1. The van der Waals surface area contributed by atoms with E-state index in [0.29, 0.717) is 6.54 Å². The van der Waals surface area contributed by atoms with Crippen LogP contribution in [-0.4, -0.2) is 24.2 Å². The fourth-order valence-corrected chi connectivity index (χ4v) is 1.43. The number of hydrogen-bond acceptors (Lipinski definition) is 3. The predicted octanol–water partition coefficient (Wildman–Crippen LogP) is 1.16. The van der Waals surface area contributed by atoms with Gasteiger partial charge in [0, 0.05) is 25.0 Å². The predicted molar refractivity (Wildman–Crippen MR) is 58.4 cm³/mol. The summed E-state index contributed by atoms with van der Waals surface area (Å²) >= 11 is 0. The average molecular weight is 210 g/mol. The highest BCUT2D eigenvalue weighted by molar-refractivity contribution is 5.71. The Morgan fingerprint density at radius 1 is 1.60 bits per heavy atom. The first-order valence-corrected chi connectivity index (χ1v) is 5.19. The lowest BCUT2D eigenvalue weighted by molar-refractivity contribution is -0.139. The molecule has 84 valence electrons. The van der Waals surface area contributed by atoms with Gasteiger partial charge in [-0.25, -0.2) is 0 Å². The summed E-state index contributed by atoms with van der Waals surface area (Å²) in [5.41, 5.74) is 1.20. The lowest BCUT2D eigenvalue weighted by Crippen LogP contribution is -2.24. The monoisotopic (exact) mass is 210 g/mol. The van der Waals surface area contributed by atoms with Crippen LogP contribution in [0.1, 0.15) is 19.0 Å². The van der Waals surface area contributed by atoms with E-state index in [9.17, 15) is 4.79 Å². The van der Waals surface area contributed by atoms with E-state index in [1.165, 1.54) is 12.8 Å². The molecule has 0 atom stereocenters. The molecule has 0 aliphatic rings. The van der Waals surface area contributed by atoms with E-state index in [1.54, 1.807) is 0 Å². The van der Waals surface area contributed by atoms with Gasteiger partial charge in [-0.05, 0) is 18.6 Å². The first kappa shape index (κ1) is 11.8. The Bertz CT molecular complexity index is 307. The Balaban J connectivity index is 2.36. The summed E-state index contributed by atoms with van der Waals surface area (Å²) < 4.78 is 6.72. The van der Waals surface area contributed by atoms with Crippen LogP contribution >= 0.6 is 0 Å². The van der Waals surface area contributed by atoms with Crippen molar-refractivity contribution in [3.63, 3.8) is 0 Å². The summed E-state index contributed by atoms with van der Waals surface area (Å²) in [5.74, 6) is -0.233. The molecular formula is C11H18N2O2. The summed E-state index contributed by atoms with van der Waals surface area (Å²) in [6.07, 6.45) is 3.16. The molecule has 4 nitrogen and oxygen atoms in total. The Labute approximate surface area is 90.2 Å². The highest BCUT2D eigenvalue weighted by Crippen LogP contribution is 2.02. The van der Waals surface area contributed by atoms with Gasteiger partial charge in [0.1, 0.15) is 0 Å². The van der Waals surface area contributed by atoms with Crippen molar-refractivity contribution in [2.24, 2.45) is 0 Å². The molecule has 1 aromatic rings. The molecule has 0 radical (unpaired) electrons. The van der Waals surface area contributed by atoms with Crippen molar-refractivity contribution in [2.45, 2.75) is 26.4 Å². The summed E-state index contributed by atoms with van der Waals surface area (Å²) in [6.45, 7) is 4.11. The SMILES string of the molecule is CCCn1cccc1CNCC(=O)OC. The van der Waals surface area contributed by atoms with Gasteiger partial charge in [0.05, 0.1) is 13.7 Å². The minimum Gasteiger partial charge on any atom is -0.468 e. The number of carbonyl (C=O) groups is 1. The summed E-state index contributed by atoms with van der Waals surface area (Å²) in [6, 6.07) is 4.07. The van der Waals surface area contributed by atoms with Crippen LogP contribution in [0.5, 0.6) is 0 Å². The van der Waals surface area contributed by atoms with Crippen LogP contribution in [-0.2, 0) is 22.6 Å². The van der Waals surface area contributed by atoms with Crippen LogP contribution in [0, 0.1) is 0 Å². The third kappa shape index (κ3) is 3.75. The van der Waals surface area contributed by atoms with Crippen LogP contribution in [0.25, 0.3) is 0 Å². The highest BCUT2D eigenvalue weighted by Gasteiger charge is 2.02. The van der Waals surface area contributed by atoms with Crippen molar-refractivity contribution in [1.29, 1.82) is 0 Å². The quantitative estimate of drug-likeness (QED) is 0.716. The fraction of sp³-hybridized carbons (Fsp3) is 0.545. The van der Waals surface area contributed by atoms with Crippen molar-refractivity contribution in [2.75, 3.05) is 13.7 Å². The first-order chi connectivity index (χ1) is 7.27. The third-order valence-corrected chi connectivity index (χ3v) is 2.19. The zero-order valence-corrected chi connectivity index (χ0v) is 9.32. The van der Waals surface area contributed by atoms with E-state index in [-0.39, 0.29) is 12.5 Å². The van der Waals surface area contributed by atoms with Gasteiger partial charge in [0.25, 0.3) is 0 Å². The summed E-state index contributed by atoms with van der Waals surface area (Å²) in [5, 5.41) is 3.04. The van der Waals surface area contributed by atoms with Crippen molar-refractivity contribution >= 4 is 5.97 Å². The van der Waals surface area contributed by atoms with E-state index in [1.807, 2.05) is 6.07 Å². The second-order valence-corrected chi connectivity index (χ2v) is 3.37. The minimum absolute atomic E-state index is 0.233. The van der Waals surface area contributed by atoms with E-state index >= 15 is 0 Å². The van der Waals surface area contributed by atoms with E-state index in [2.05, 4.69) is 33.8 Å². The number of nitrogens with zero attached hydrogens (tertiary/aromatic N) is 1. The summed E-state index contributed by atoms with van der Waals surface area (Å²) in [4.78, 5) is 10.9. The van der Waals surface area contributed by atoms with Gasteiger partial charge in [-0.3, -0.25) is 4.79 Å². The zero-order chi connectivity index (χ0) is 11.1. The molecule has 0 aromatic carbocycles. The molecule has 0 aliphatic heterocycles. The zero-order valence-electron chi connectivity index (χ0n) is 9.32. The average Bonchev–Trinajstić information content (AvgIpc) is 2.66. The molecule has 0 saturated carbocycles. The fourth-order valence-electron chi connectivity index (χ4n) is 1.43. The number of nitrogens with one attached hydrogen (secondary N) is 1. The van der Waals surface area contributed by atoms with Gasteiger partial charge >= 0.3 is 5.97 Å². The Morgan fingerprint density at radius 2 is 2.40 bits per heavy atom. The van der Waals surface area contributed by atoms with Crippen molar-refractivity contribution in [1.82, 2.24) is 9.88 Å². The van der Waals surface area contributed by atoms with Crippen molar-refractivity contribution in [3.05, 3.63) is 24.0 Å². The van der Waals surface area contributed by atoms with Crippen molar-refractivity contribution < 1.29 is 9.53 Å². The highest BCUT2D eigenvalue weighted by atomic mass is 16.5. The number of ether oxygens (including phenoxy) is 1. The van der Waals surface area contributed by atoms with E-state index < -0.39 is 0 Å². The largest absolute Gasteiger partial charge is 0.468 e. The van der Waals surface area contributed by atoms with Crippen LogP contribution in [0.2, 0.25) is 0 Å². The molecule has 0 amide bonds. The topological polar surface area (TPSA) is 43.3 Å². The standard InChI is InChI=1S/C11H18N2O2/c1-3-6-13-7-4-5-10(13)8-12-9-11(14)15-2/h4-5,7,12H,3,6,8-9H2,1-2H3. The Kier molecular flexibility index (Phi) is 4.90. The molecule has 0 saturated heterocycles. The van der Waals surface area contributed by atoms with Crippen LogP contribution in [0.3, 0.4) is 0 Å². The number of carbonyl (C=O) groups excluding carboxylic acids is 1. The Hall–Kier alpha value is -1.29. The molecule has 1 N–H and O–H groups in total. The van der Waals surface area contributed by atoms with Gasteiger partial charge in [0.2, 0.25) is 0 Å². The molecule has 1 rings (SSSR count). The molecule has 0 bridgehead atoms. The molecule has 0 spiro atoms. The second kappa shape index (κ2) is 6.24. The normalized spacial score (nSPS) is 10.3. The first-order valence-electron chi connectivity index (χ1n) is 5.19. The number of rotatable bonds is 6. The van der Waals surface area contributed by atoms with Gasteiger partial charge in [0.15, 0.2) is 0 Å². The molecule has 0 fully saturated rings. The van der Waals surface area contributed by atoms with Gasteiger partial charge < -0.3 is 14.6 Å². The van der Waals surface area contributed by atoms with Crippen LogP contribution in [0.15, 0.2) is 18.3 Å². The molecule has 0 unspecified atom stereocenters. The van der Waals surface area contributed by atoms with Crippen LogP contribution in [0.4, 0.5) is 0 Å². The molecule has 1 heterocycles. The third-order valence-electron chi connectivity index (χ3n) is 2.19. The smallest absolute Gasteiger partial charge is 0.319 e. The lowest BCUT2D eigenvalue weighted by atomic mass is 10.4. The molecular weight excluding hydrogens is 192 g/mol. The van der Waals surface area contributed by atoms with E-state index in [0.717, 1.165) is 13.0 Å². The number of esters is 1. The summed E-state index contributed by atoms with van der Waals surface area (Å²) in [7, 11) is 1.39. The number of aromatic nitrogens is 1. The molecule has 4 heteroatoms. The van der Waals surface area contributed by atoms with Gasteiger partial charge in [-0.15, -0.1) is 0 Å². The lowest BCUT2D eigenvalue weighted by Gasteiger charge is -2.08. The molecule has 15 heavy (non-hydrogen) atoms. The van der Waals surface area contributed by atoms with Crippen LogP contribution < -0.4 is 5.32 Å². The van der Waals surface area contributed by atoms with Crippen molar-refractivity contribution in [3.8, 4) is 0 Å². The number of methoxy groups -OCH3 is 1. The van der Waals surface area contributed by atoms with Gasteiger partial charge in [-0.2, -0.15) is 0 Å². The van der Waals surface area contributed by atoms with E-state index in [4.69, 9.17) is 0 Å². The minimum atomic E-state index is -0.233. The Morgan fingerprint density at radius 3 is 3.07 bits per heavy atom. The molecule has 0 aliphatic carbocycles. The molecule has 1 aromatic heterocycles. The van der Waals surface area contributed by atoms with Gasteiger partial charge in [-0.1, -0.05) is 6.92 Å². The second-order valence-electron chi connectivity index (χ2n) is 3.37.